The minimum Gasteiger partial charge on any atom is -0.373 e. The fourth-order valence-corrected chi connectivity index (χ4v) is 2.18. The van der Waals surface area contributed by atoms with Crippen molar-refractivity contribution in [3.63, 3.8) is 0 Å². The predicted molar refractivity (Wildman–Crippen MR) is 58.0 cm³/mol. The molecule has 1 aliphatic rings. The van der Waals surface area contributed by atoms with Crippen LogP contribution in [0.5, 0.6) is 0 Å². The van der Waals surface area contributed by atoms with E-state index in [1.165, 1.54) is 0 Å². The molecule has 1 heterocycles. The van der Waals surface area contributed by atoms with Crippen LogP contribution in [0, 0.1) is 0 Å². The van der Waals surface area contributed by atoms with Crippen molar-refractivity contribution in [2.24, 2.45) is 5.84 Å². The van der Waals surface area contributed by atoms with E-state index in [9.17, 15) is 4.79 Å². The summed E-state index contributed by atoms with van der Waals surface area (Å²) in [5, 5.41) is 0. The van der Waals surface area contributed by atoms with Gasteiger partial charge in [0.15, 0.2) is 0 Å². The summed E-state index contributed by atoms with van der Waals surface area (Å²) in [5.74, 6) is 5.05. The second-order valence-corrected chi connectivity index (χ2v) is 4.14. The Hall–Kier alpha value is -0.650. The first kappa shape index (κ1) is 12.4. The number of amides is 1. The lowest BCUT2D eigenvalue weighted by molar-refractivity contribution is -0.133. The van der Waals surface area contributed by atoms with Crippen molar-refractivity contribution in [2.75, 3.05) is 13.1 Å². The number of carbonyl (C=O) groups is 1. The van der Waals surface area contributed by atoms with Gasteiger partial charge < -0.3 is 4.74 Å². The lowest BCUT2D eigenvalue weighted by Crippen LogP contribution is -2.55. The molecule has 5 heteroatoms. The summed E-state index contributed by atoms with van der Waals surface area (Å²) in [6, 6.07) is -0.135. The van der Waals surface area contributed by atoms with Crippen LogP contribution in [0.2, 0.25) is 0 Å². The van der Waals surface area contributed by atoms with Crippen LogP contribution in [-0.4, -0.2) is 42.1 Å². The van der Waals surface area contributed by atoms with Gasteiger partial charge in [0.1, 0.15) is 0 Å². The SMILES string of the molecule is CC[C@@H](C(=O)NN)N1C[C@@H](C)O[C@@H](C)C1. The third kappa shape index (κ3) is 3.15. The molecule has 1 fully saturated rings. The van der Waals surface area contributed by atoms with E-state index in [2.05, 4.69) is 10.3 Å². The van der Waals surface area contributed by atoms with Gasteiger partial charge >= 0.3 is 0 Å². The molecular weight excluding hydrogens is 194 g/mol. The van der Waals surface area contributed by atoms with E-state index in [-0.39, 0.29) is 24.2 Å². The topological polar surface area (TPSA) is 67.6 Å². The second kappa shape index (κ2) is 5.44. The average molecular weight is 215 g/mol. The number of hydrogen-bond donors (Lipinski definition) is 2. The van der Waals surface area contributed by atoms with Crippen LogP contribution >= 0.6 is 0 Å². The van der Waals surface area contributed by atoms with Crippen molar-refractivity contribution in [1.29, 1.82) is 0 Å². The normalized spacial score (nSPS) is 29.9. The van der Waals surface area contributed by atoms with Crippen LogP contribution in [0.3, 0.4) is 0 Å². The number of nitrogens with zero attached hydrogens (tertiary/aromatic N) is 1. The predicted octanol–water partition coefficient (Wildman–Crippen LogP) is -0.136. The Morgan fingerprint density at radius 1 is 1.53 bits per heavy atom. The van der Waals surface area contributed by atoms with Gasteiger partial charge in [0.05, 0.1) is 18.2 Å². The van der Waals surface area contributed by atoms with Crippen LogP contribution in [0.15, 0.2) is 0 Å². The number of morpholine rings is 1. The highest BCUT2D eigenvalue weighted by molar-refractivity contribution is 5.81. The number of carbonyl (C=O) groups excluding carboxylic acids is 1. The second-order valence-electron chi connectivity index (χ2n) is 4.14. The molecule has 1 aliphatic heterocycles. The van der Waals surface area contributed by atoms with Crippen molar-refractivity contribution >= 4 is 5.91 Å². The fourth-order valence-electron chi connectivity index (χ4n) is 2.18. The van der Waals surface area contributed by atoms with Crippen molar-refractivity contribution in [2.45, 2.75) is 45.4 Å². The van der Waals surface area contributed by atoms with Crippen molar-refractivity contribution in [3.8, 4) is 0 Å². The summed E-state index contributed by atoms with van der Waals surface area (Å²) in [5.41, 5.74) is 2.22. The highest BCUT2D eigenvalue weighted by Gasteiger charge is 2.30. The van der Waals surface area contributed by atoms with Crippen LogP contribution in [0.25, 0.3) is 0 Å². The van der Waals surface area contributed by atoms with Gasteiger partial charge in [-0.3, -0.25) is 15.1 Å². The monoisotopic (exact) mass is 215 g/mol. The largest absolute Gasteiger partial charge is 0.373 e. The smallest absolute Gasteiger partial charge is 0.251 e. The number of ether oxygens (including phenoxy) is 1. The van der Waals surface area contributed by atoms with Crippen molar-refractivity contribution in [1.82, 2.24) is 10.3 Å². The molecule has 88 valence electrons. The summed E-state index contributed by atoms with van der Waals surface area (Å²) in [6.45, 7) is 7.61. The average Bonchev–Trinajstić information content (AvgIpc) is 2.17. The number of nitrogens with one attached hydrogen (secondary N) is 1. The summed E-state index contributed by atoms with van der Waals surface area (Å²) in [6.07, 6.45) is 1.12. The Kier molecular flexibility index (Phi) is 4.50. The highest BCUT2D eigenvalue weighted by atomic mass is 16.5. The summed E-state index contributed by atoms with van der Waals surface area (Å²) >= 11 is 0. The van der Waals surface area contributed by atoms with Crippen LogP contribution in [-0.2, 0) is 9.53 Å². The molecular formula is C10H21N3O2. The van der Waals surface area contributed by atoms with Gasteiger partial charge in [-0.2, -0.15) is 0 Å². The van der Waals surface area contributed by atoms with E-state index >= 15 is 0 Å². The molecule has 1 saturated heterocycles. The van der Waals surface area contributed by atoms with Gasteiger partial charge in [0, 0.05) is 13.1 Å². The van der Waals surface area contributed by atoms with Gasteiger partial charge in [-0.25, -0.2) is 5.84 Å². The molecule has 0 aromatic carbocycles. The van der Waals surface area contributed by atoms with E-state index in [4.69, 9.17) is 10.6 Å². The molecule has 0 aromatic heterocycles. The molecule has 0 radical (unpaired) electrons. The standard InChI is InChI=1S/C10H21N3O2/c1-4-9(10(14)12-11)13-5-7(2)15-8(3)6-13/h7-9H,4-6,11H2,1-3H3,(H,12,14)/t7-,8+,9-/m0/s1. The lowest BCUT2D eigenvalue weighted by Gasteiger charge is -2.38. The maximum atomic E-state index is 11.5. The molecule has 0 bridgehead atoms. The van der Waals surface area contributed by atoms with Crippen LogP contribution in [0.4, 0.5) is 0 Å². The molecule has 0 aliphatic carbocycles. The number of nitrogens with two attached hydrogens (primary N) is 1. The first-order valence-corrected chi connectivity index (χ1v) is 5.48. The van der Waals surface area contributed by atoms with E-state index in [1.54, 1.807) is 0 Å². The molecule has 1 amide bonds. The van der Waals surface area contributed by atoms with E-state index in [0.29, 0.717) is 0 Å². The first-order valence-electron chi connectivity index (χ1n) is 5.48. The molecule has 5 nitrogen and oxygen atoms in total. The zero-order valence-corrected chi connectivity index (χ0v) is 9.69. The Morgan fingerprint density at radius 3 is 2.47 bits per heavy atom. The molecule has 3 atom stereocenters. The Balaban J connectivity index is 2.63. The summed E-state index contributed by atoms with van der Waals surface area (Å²) in [7, 11) is 0. The van der Waals surface area contributed by atoms with Crippen molar-refractivity contribution in [3.05, 3.63) is 0 Å². The molecule has 3 N–H and O–H groups in total. The van der Waals surface area contributed by atoms with Gasteiger partial charge in [-0.1, -0.05) is 6.92 Å². The molecule has 0 unspecified atom stereocenters. The third-order valence-corrected chi connectivity index (χ3v) is 2.72. The molecule has 0 saturated carbocycles. The fraction of sp³-hybridized carbons (Fsp3) is 0.900. The molecule has 0 aromatic rings. The molecule has 15 heavy (non-hydrogen) atoms. The van der Waals surface area contributed by atoms with Crippen molar-refractivity contribution < 1.29 is 9.53 Å². The Bertz CT molecular complexity index is 213. The first-order chi connectivity index (χ1) is 7.08. The van der Waals surface area contributed by atoms with Gasteiger partial charge in [0.25, 0.3) is 5.91 Å². The molecule has 1 rings (SSSR count). The van der Waals surface area contributed by atoms with Gasteiger partial charge in [-0.05, 0) is 20.3 Å². The minimum absolute atomic E-state index is 0.112. The van der Waals surface area contributed by atoms with Gasteiger partial charge in [-0.15, -0.1) is 0 Å². The van der Waals surface area contributed by atoms with Crippen LogP contribution < -0.4 is 11.3 Å². The van der Waals surface area contributed by atoms with E-state index < -0.39 is 0 Å². The zero-order valence-electron chi connectivity index (χ0n) is 9.69. The number of rotatable bonds is 3. The summed E-state index contributed by atoms with van der Waals surface area (Å²) < 4.78 is 5.62. The number of hydrogen-bond acceptors (Lipinski definition) is 4. The number of hydrazine groups is 1. The van der Waals surface area contributed by atoms with E-state index in [0.717, 1.165) is 19.5 Å². The summed E-state index contributed by atoms with van der Waals surface area (Å²) in [4.78, 5) is 13.7. The lowest BCUT2D eigenvalue weighted by atomic mass is 10.1. The quantitative estimate of drug-likeness (QED) is 0.391. The van der Waals surface area contributed by atoms with Crippen LogP contribution in [0.1, 0.15) is 27.2 Å². The Morgan fingerprint density at radius 2 is 2.07 bits per heavy atom. The third-order valence-electron chi connectivity index (χ3n) is 2.72. The minimum atomic E-state index is -0.135. The maximum Gasteiger partial charge on any atom is 0.251 e. The Labute approximate surface area is 90.9 Å². The highest BCUT2D eigenvalue weighted by Crippen LogP contribution is 2.15. The maximum absolute atomic E-state index is 11.5. The molecule has 0 spiro atoms. The van der Waals surface area contributed by atoms with Gasteiger partial charge in [0.2, 0.25) is 0 Å². The zero-order chi connectivity index (χ0) is 11.4. The van der Waals surface area contributed by atoms with E-state index in [1.807, 2.05) is 20.8 Å².